The van der Waals surface area contributed by atoms with E-state index in [0.717, 1.165) is 0 Å². The van der Waals surface area contributed by atoms with Gasteiger partial charge in [-0.25, -0.2) is 0 Å². The maximum Gasteiger partial charge on any atom is 0.161 e. The molecular weight excluding hydrogens is 432 g/mol. The summed E-state index contributed by atoms with van der Waals surface area (Å²) in [6.45, 7) is -3.40. The Morgan fingerprint density at radius 1 is 0.735 bits per heavy atom. The van der Waals surface area contributed by atoms with Crippen molar-refractivity contribution in [3.05, 3.63) is 108 Å². The lowest BCUT2D eigenvalue weighted by atomic mass is 9.99. The van der Waals surface area contributed by atoms with Crippen molar-refractivity contribution >= 4 is 5.78 Å². The lowest BCUT2D eigenvalue weighted by molar-refractivity contribution is -0.187. The first kappa shape index (κ1) is 21.6. The molecule has 0 radical (unpaired) electrons. The van der Waals surface area contributed by atoms with E-state index in [9.17, 15) is 15.0 Å². The molecule has 180 valence electrons. The Morgan fingerprint density at radius 2 is 1.12 bits per heavy atom. The van der Waals surface area contributed by atoms with Gasteiger partial charge in [0.1, 0.15) is 24.4 Å². The monoisotopic (exact) mass is 467 g/mol. The Hall–Kier alpha value is -2.87. The third-order valence-electron chi connectivity index (χ3n) is 5.06. The number of aliphatic hydroxyl groups is 2. The normalized spacial score (nSPS) is 18.9. The van der Waals surface area contributed by atoms with Crippen LogP contribution in [0.3, 0.4) is 0 Å². The molecule has 3 unspecified atom stereocenters. The molecule has 3 aromatic rings. The maximum atomic E-state index is 12.8. The Morgan fingerprint density at radius 3 is 1.50 bits per heavy atom. The van der Waals surface area contributed by atoms with Gasteiger partial charge in [0.05, 0.1) is 30.5 Å². The second-order valence-electron chi connectivity index (χ2n) is 7.70. The molecular formula is C28H32O6. The molecule has 3 rings (SSSR count). The molecule has 0 aliphatic carbocycles. The fourth-order valence-electron chi connectivity index (χ4n) is 3.28. The zero-order valence-corrected chi connectivity index (χ0v) is 18.9. The number of benzene rings is 3. The zero-order chi connectivity index (χ0) is 26.8. The van der Waals surface area contributed by atoms with E-state index >= 15 is 0 Å². The molecule has 6 heteroatoms. The summed E-state index contributed by atoms with van der Waals surface area (Å²) in [6.07, 6.45) is -5.90. The van der Waals surface area contributed by atoms with Crippen LogP contribution in [0.5, 0.6) is 0 Å². The average Bonchev–Trinajstić information content (AvgIpc) is 2.94. The van der Waals surface area contributed by atoms with E-state index in [1.165, 1.54) is 6.92 Å². The number of carbonyl (C=O) groups excluding carboxylic acids is 1. The number of Topliss-reactive ketones (excluding diaryl/α,β-unsaturated/α-hetero) is 1. The molecule has 34 heavy (non-hydrogen) atoms. The predicted octanol–water partition coefficient (Wildman–Crippen LogP) is 3.68. The van der Waals surface area contributed by atoms with E-state index in [-0.39, 0.29) is 0 Å². The van der Waals surface area contributed by atoms with Crippen molar-refractivity contribution in [2.45, 2.75) is 51.1 Å². The Labute approximate surface area is 205 Å². The van der Waals surface area contributed by atoms with E-state index in [1.54, 1.807) is 91.0 Å². The summed E-state index contributed by atoms with van der Waals surface area (Å²) in [5.41, 5.74) is 1.44. The van der Waals surface area contributed by atoms with Crippen LogP contribution in [0.15, 0.2) is 91.0 Å². The van der Waals surface area contributed by atoms with Crippen LogP contribution in [0.4, 0.5) is 0 Å². The standard InChI is InChI=1S/C28H32O6/c1-21(30)26(32-18-22-11-5-2-6-12-22)28(34-20-24-15-9-4-10-16-24)27(25(31)17-29)33-19-23-13-7-3-8-14-23/h2-16,25-29,31H,17-20H2,1H3/t25-,26+,27-,28-/m1/s1/i18D,19D,20D/t18?,19?,20?,25-,26+,27-,28-. The van der Waals surface area contributed by atoms with E-state index < -0.39 is 56.6 Å². The highest BCUT2D eigenvalue weighted by Crippen LogP contribution is 2.21. The Bertz CT molecular complexity index is 1070. The zero-order valence-electron chi connectivity index (χ0n) is 21.9. The number of hydrogen-bond acceptors (Lipinski definition) is 6. The van der Waals surface area contributed by atoms with E-state index in [4.69, 9.17) is 18.3 Å². The highest BCUT2D eigenvalue weighted by atomic mass is 16.6. The maximum absolute atomic E-state index is 12.8. The molecule has 0 saturated carbocycles. The molecule has 0 fully saturated rings. The largest absolute Gasteiger partial charge is 0.394 e. The van der Waals surface area contributed by atoms with Crippen molar-refractivity contribution in [1.29, 1.82) is 0 Å². The number of hydrogen-bond donors (Lipinski definition) is 2. The van der Waals surface area contributed by atoms with Gasteiger partial charge in [-0.3, -0.25) is 4.79 Å². The highest BCUT2D eigenvalue weighted by molar-refractivity contribution is 5.81. The van der Waals surface area contributed by atoms with E-state index in [1.807, 2.05) is 0 Å². The third-order valence-corrected chi connectivity index (χ3v) is 5.06. The van der Waals surface area contributed by atoms with Crippen molar-refractivity contribution in [2.24, 2.45) is 0 Å². The van der Waals surface area contributed by atoms with Crippen LogP contribution in [-0.4, -0.2) is 47.0 Å². The summed E-state index contributed by atoms with van der Waals surface area (Å²) in [7, 11) is 0. The quantitative estimate of drug-likeness (QED) is 0.376. The summed E-state index contributed by atoms with van der Waals surface area (Å²) >= 11 is 0. The van der Waals surface area contributed by atoms with Crippen molar-refractivity contribution in [1.82, 2.24) is 0 Å². The molecule has 0 aromatic heterocycles. The van der Waals surface area contributed by atoms with Gasteiger partial charge in [-0.1, -0.05) is 91.0 Å². The lowest BCUT2D eigenvalue weighted by Crippen LogP contribution is -2.52. The minimum Gasteiger partial charge on any atom is -0.394 e. The number of aliphatic hydroxyl groups excluding tert-OH is 2. The first-order valence-electron chi connectivity index (χ1n) is 12.7. The van der Waals surface area contributed by atoms with Gasteiger partial charge in [0.25, 0.3) is 0 Å². The minimum atomic E-state index is -1.57. The summed E-state index contributed by atoms with van der Waals surface area (Å²) in [6, 6.07) is 25.8. The molecule has 0 amide bonds. The van der Waals surface area contributed by atoms with Crippen molar-refractivity contribution in [3.63, 3.8) is 0 Å². The van der Waals surface area contributed by atoms with Crippen LogP contribution in [0.25, 0.3) is 0 Å². The Kier molecular flexibility index (Phi) is 8.75. The van der Waals surface area contributed by atoms with Crippen LogP contribution in [0, 0.1) is 0 Å². The number of carbonyl (C=O) groups is 1. The van der Waals surface area contributed by atoms with Crippen molar-refractivity contribution in [3.8, 4) is 0 Å². The van der Waals surface area contributed by atoms with Crippen LogP contribution in [0.1, 0.15) is 27.7 Å². The van der Waals surface area contributed by atoms with Gasteiger partial charge in [0, 0.05) is 0 Å². The first-order valence-corrected chi connectivity index (χ1v) is 11.0. The van der Waals surface area contributed by atoms with Gasteiger partial charge in [0.15, 0.2) is 5.78 Å². The summed E-state index contributed by atoms with van der Waals surface area (Å²) < 4.78 is 43.2. The second-order valence-corrected chi connectivity index (χ2v) is 7.70. The molecule has 0 aliphatic rings. The number of rotatable bonds is 14. The molecule has 0 saturated heterocycles. The molecule has 3 aromatic carbocycles. The fourth-order valence-corrected chi connectivity index (χ4v) is 3.28. The molecule has 0 bridgehead atoms. The molecule has 0 heterocycles. The number of ether oxygens (including phenoxy) is 3. The van der Waals surface area contributed by atoms with Crippen LogP contribution in [-0.2, 0) is 38.8 Å². The molecule has 2 N–H and O–H groups in total. The van der Waals surface area contributed by atoms with Crippen molar-refractivity contribution < 1.29 is 33.3 Å². The summed E-state index contributed by atoms with van der Waals surface area (Å²) in [4.78, 5) is 12.8. The van der Waals surface area contributed by atoms with E-state index in [2.05, 4.69) is 0 Å². The van der Waals surface area contributed by atoms with Gasteiger partial charge in [-0.05, 0) is 23.6 Å². The van der Waals surface area contributed by atoms with Crippen molar-refractivity contribution in [2.75, 3.05) is 6.61 Å². The molecule has 6 nitrogen and oxygen atoms in total. The Balaban J connectivity index is 1.98. The molecule has 7 atom stereocenters. The van der Waals surface area contributed by atoms with Gasteiger partial charge in [-0.2, -0.15) is 0 Å². The molecule has 0 spiro atoms. The number of ketones is 1. The van der Waals surface area contributed by atoms with Crippen LogP contribution in [0.2, 0.25) is 0 Å². The lowest BCUT2D eigenvalue weighted by Gasteiger charge is -2.34. The highest BCUT2D eigenvalue weighted by Gasteiger charge is 2.39. The second kappa shape index (κ2) is 13.7. The smallest absolute Gasteiger partial charge is 0.161 e. The predicted molar refractivity (Wildman–Crippen MR) is 129 cm³/mol. The average molecular weight is 468 g/mol. The van der Waals surface area contributed by atoms with Gasteiger partial charge >= 0.3 is 0 Å². The summed E-state index contributed by atoms with van der Waals surface area (Å²) in [5.74, 6) is -0.529. The van der Waals surface area contributed by atoms with Crippen LogP contribution >= 0.6 is 0 Å². The van der Waals surface area contributed by atoms with Gasteiger partial charge < -0.3 is 24.4 Å². The molecule has 0 aliphatic heterocycles. The minimum absolute atomic E-state index is 0.475. The van der Waals surface area contributed by atoms with Gasteiger partial charge in [-0.15, -0.1) is 0 Å². The topological polar surface area (TPSA) is 85.2 Å². The van der Waals surface area contributed by atoms with Crippen LogP contribution < -0.4 is 0 Å². The van der Waals surface area contributed by atoms with E-state index in [0.29, 0.717) is 16.7 Å². The third kappa shape index (κ3) is 7.87. The fraction of sp³-hybridized carbons (Fsp3) is 0.321. The summed E-state index contributed by atoms with van der Waals surface area (Å²) in [5, 5.41) is 20.5. The SMILES string of the molecule is [2H]C(O[C@@H]([C@H](OC([2H])c1ccccc1)[C@@H](OC([2H])c1ccccc1)C(C)=O)[C@H](O)CO)c1ccccc1. The van der Waals surface area contributed by atoms with Gasteiger partial charge in [0.2, 0.25) is 0 Å². The first-order chi connectivity index (χ1) is 17.8.